The van der Waals surface area contributed by atoms with Crippen molar-refractivity contribution in [2.75, 3.05) is 0 Å². The van der Waals surface area contributed by atoms with Gasteiger partial charge in [0.05, 0.1) is 0 Å². The normalized spacial score (nSPS) is 36.0. The zero-order chi connectivity index (χ0) is 8.43. The molecule has 0 aromatic rings. The molecule has 4 atom stereocenters. The molecule has 1 fully saturated rings. The van der Waals surface area contributed by atoms with Crippen molar-refractivity contribution >= 4 is 0 Å². The van der Waals surface area contributed by atoms with Crippen LogP contribution in [-0.4, -0.2) is 18.1 Å². The maximum absolute atomic E-state index is 5.75. The standard InChI is InChI=1S/C9H20N2/c1-6-4-5-9(6)11-8(3)7(2)10/h6-9,11H,4-5,10H2,1-3H3. The largest absolute Gasteiger partial charge is 0.327 e. The SMILES string of the molecule is CC(N)C(C)NC1CCC1C. The second kappa shape index (κ2) is 3.55. The second-order valence-electron chi connectivity index (χ2n) is 3.98. The molecule has 0 saturated heterocycles. The van der Waals surface area contributed by atoms with E-state index in [2.05, 4.69) is 26.1 Å². The molecule has 1 saturated carbocycles. The molecule has 66 valence electrons. The fourth-order valence-corrected chi connectivity index (χ4v) is 1.40. The van der Waals surface area contributed by atoms with Crippen molar-refractivity contribution in [1.29, 1.82) is 0 Å². The molecule has 4 unspecified atom stereocenters. The molecule has 11 heavy (non-hydrogen) atoms. The van der Waals surface area contributed by atoms with Gasteiger partial charge in [0.2, 0.25) is 0 Å². The van der Waals surface area contributed by atoms with E-state index >= 15 is 0 Å². The minimum atomic E-state index is 0.266. The lowest BCUT2D eigenvalue weighted by Gasteiger charge is -2.37. The van der Waals surface area contributed by atoms with Gasteiger partial charge in [-0.2, -0.15) is 0 Å². The van der Waals surface area contributed by atoms with E-state index in [-0.39, 0.29) is 6.04 Å². The topological polar surface area (TPSA) is 38.0 Å². The van der Waals surface area contributed by atoms with Crippen LogP contribution in [0.15, 0.2) is 0 Å². The summed E-state index contributed by atoms with van der Waals surface area (Å²) in [5.41, 5.74) is 5.75. The minimum absolute atomic E-state index is 0.266. The molecular weight excluding hydrogens is 136 g/mol. The third kappa shape index (κ3) is 2.17. The highest BCUT2D eigenvalue weighted by molar-refractivity contribution is 4.87. The number of hydrogen-bond donors (Lipinski definition) is 2. The van der Waals surface area contributed by atoms with Gasteiger partial charge < -0.3 is 11.1 Å². The molecule has 1 rings (SSSR count). The molecule has 0 radical (unpaired) electrons. The summed E-state index contributed by atoms with van der Waals surface area (Å²) in [5, 5.41) is 3.54. The average Bonchev–Trinajstić information content (AvgIpc) is 1.96. The number of rotatable bonds is 3. The van der Waals surface area contributed by atoms with E-state index in [0.29, 0.717) is 6.04 Å². The number of nitrogens with two attached hydrogens (primary N) is 1. The lowest BCUT2D eigenvalue weighted by atomic mass is 9.80. The Morgan fingerprint density at radius 2 is 2.00 bits per heavy atom. The zero-order valence-corrected chi connectivity index (χ0v) is 7.80. The van der Waals surface area contributed by atoms with Gasteiger partial charge in [0.1, 0.15) is 0 Å². The Morgan fingerprint density at radius 1 is 1.36 bits per heavy atom. The fourth-order valence-electron chi connectivity index (χ4n) is 1.40. The highest BCUT2D eigenvalue weighted by Gasteiger charge is 2.27. The van der Waals surface area contributed by atoms with Crippen molar-refractivity contribution in [1.82, 2.24) is 5.32 Å². The van der Waals surface area contributed by atoms with Crippen LogP contribution in [0.2, 0.25) is 0 Å². The van der Waals surface area contributed by atoms with Gasteiger partial charge in [0.25, 0.3) is 0 Å². The molecule has 0 spiro atoms. The summed E-state index contributed by atoms with van der Waals surface area (Å²) in [5.74, 6) is 0.858. The van der Waals surface area contributed by atoms with Gasteiger partial charge in [-0.15, -0.1) is 0 Å². The molecule has 0 aliphatic heterocycles. The summed E-state index contributed by atoms with van der Waals surface area (Å²) < 4.78 is 0. The second-order valence-corrected chi connectivity index (χ2v) is 3.98. The van der Waals surface area contributed by atoms with Gasteiger partial charge in [-0.1, -0.05) is 6.92 Å². The highest BCUT2D eigenvalue weighted by atomic mass is 15.0. The lowest BCUT2D eigenvalue weighted by molar-refractivity contribution is 0.206. The van der Waals surface area contributed by atoms with E-state index in [0.717, 1.165) is 12.0 Å². The molecule has 0 amide bonds. The summed E-state index contributed by atoms with van der Waals surface area (Å²) in [4.78, 5) is 0. The first-order chi connectivity index (χ1) is 5.11. The van der Waals surface area contributed by atoms with E-state index in [1.54, 1.807) is 0 Å². The molecule has 2 heteroatoms. The van der Waals surface area contributed by atoms with Crippen molar-refractivity contribution in [3.05, 3.63) is 0 Å². The van der Waals surface area contributed by atoms with Gasteiger partial charge in [-0.05, 0) is 32.6 Å². The summed E-state index contributed by atoms with van der Waals surface area (Å²) >= 11 is 0. The molecule has 0 bridgehead atoms. The Bertz CT molecular complexity index is 118. The van der Waals surface area contributed by atoms with Crippen molar-refractivity contribution in [3.63, 3.8) is 0 Å². The van der Waals surface area contributed by atoms with Crippen LogP contribution in [0.1, 0.15) is 33.6 Å². The molecule has 1 aliphatic rings. The van der Waals surface area contributed by atoms with Crippen LogP contribution in [0, 0.1) is 5.92 Å². The maximum atomic E-state index is 5.75. The number of nitrogens with one attached hydrogen (secondary N) is 1. The van der Waals surface area contributed by atoms with Crippen LogP contribution in [0.4, 0.5) is 0 Å². The van der Waals surface area contributed by atoms with Crippen LogP contribution in [0.5, 0.6) is 0 Å². The van der Waals surface area contributed by atoms with Gasteiger partial charge in [0.15, 0.2) is 0 Å². The minimum Gasteiger partial charge on any atom is -0.327 e. The molecular formula is C9H20N2. The first-order valence-corrected chi connectivity index (χ1v) is 4.63. The number of hydrogen-bond acceptors (Lipinski definition) is 2. The first-order valence-electron chi connectivity index (χ1n) is 4.63. The Balaban J connectivity index is 2.19. The predicted octanol–water partition coefficient (Wildman–Crippen LogP) is 1.11. The van der Waals surface area contributed by atoms with Crippen molar-refractivity contribution in [2.24, 2.45) is 11.7 Å². The van der Waals surface area contributed by atoms with Gasteiger partial charge in [-0.3, -0.25) is 0 Å². The quantitative estimate of drug-likeness (QED) is 0.642. The maximum Gasteiger partial charge on any atom is 0.0190 e. The van der Waals surface area contributed by atoms with Crippen molar-refractivity contribution in [3.8, 4) is 0 Å². The summed E-state index contributed by atoms with van der Waals surface area (Å²) in [6.45, 7) is 6.52. The first kappa shape index (κ1) is 9.01. The Kier molecular flexibility index (Phi) is 2.90. The Hall–Kier alpha value is -0.0800. The monoisotopic (exact) mass is 156 g/mol. The van der Waals surface area contributed by atoms with E-state index in [1.807, 2.05) is 0 Å². The zero-order valence-electron chi connectivity index (χ0n) is 7.80. The molecule has 0 aromatic heterocycles. The summed E-state index contributed by atoms with van der Waals surface area (Å²) in [6, 6.07) is 1.46. The fraction of sp³-hybridized carbons (Fsp3) is 1.00. The Morgan fingerprint density at radius 3 is 2.27 bits per heavy atom. The molecule has 0 aromatic carbocycles. The molecule has 1 aliphatic carbocycles. The summed E-state index contributed by atoms with van der Waals surface area (Å²) in [7, 11) is 0. The van der Waals surface area contributed by atoms with Gasteiger partial charge >= 0.3 is 0 Å². The third-order valence-corrected chi connectivity index (χ3v) is 2.89. The Labute approximate surface area is 69.5 Å². The van der Waals surface area contributed by atoms with Gasteiger partial charge in [-0.25, -0.2) is 0 Å². The van der Waals surface area contributed by atoms with Crippen LogP contribution in [-0.2, 0) is 0 Å². The van der Waals surface area contributed by atoms with Crippen LogP contribution in [0.25, 0.3) is 0 Å². The average molecular weight is 156 g/mol. The predicted molar refractivity (Wildman–Crippen MR) is 48.4 cm³/mol. The van der Waals surface area contributed by atoms with Gasteiger partial charge in [0, 0.05) is 18.1 Å². The molecule has 2 nitrogen and oxygen atoms in total. The van der Waals surface area contributed by atoms with Crippen molar-refractivity contribution < 1.29 is 0 Å². The van der Waals surface area contributed by atoms with Crippen LogP contribution >= 0.6 is 0 Å². The smallest absolute Gasteiger partial charge is 0.0190 e. The van der Waals surface area contributed by atoms with E-state index in [1.165, 1.54) is 12.8 Å². The van der Waals surface area contributed by atoms with E-state index in [4.69, 9.17) is 5.73 Å². The summed E-state index contributed by atoms with van der Waals surface area (Å²) in [6.07, 6.45) is 2.71. The van der Waals surface area contributed by atoms with E-state index < -0.39 is 0 Å². The highest BCUT2D eigenvalue weighted by Crippen LogP contribution is 2.26. The van der Waals surface area contributed by atoms with Crippen molar-refractivity contribution in [2.45, 2.75) is 51.7 Å². The van der Waals surface area contributed by atoms with E-state index in [9.17, 15) is 0 Å². The van der Waals surface area contributed by atoms with Crippen LogP contribution in [0.3, 0.4) is 0 Å². The third-order valence-electron chi connectivity index (χ3n) is 2.89. The van der Waals surface area contributed by atoms with Crippen LogP contribution < -0.4 is 11.1 Å². The molecule has 3 N–H and O–H groups in total. The lowest BCUT2D eigenvalue weighted by Crippen LogP contribution is -2.51. The molecule has 0 heterocycles.